The summed E-state index contributed by atoms with van der Waals surface area (Å²) in [5.41, 5.74) is 3.69. The van der Waals surface area contributed by atoms with Gasteiger partial charge in [-0.1, -0.05) is 23.9 Å². The summed E-state index contributed by atoms with van der Waals surface area (Å²) in [5, 5.41) is 8.72. The Kier molecular flexibility index (Phi) is 4.09. The second-order valence-corrected chi connectivity index (χ2v) is 5.54. The van der Waals surface area contributed by atoms with Gasteiger partial charge in [0, 0.05) is 18.5 Å². The van der Waals surface area contributed by atoms with Gasteiger partial charge in [-0.25, -0.2) is 0 Å². The molecule has 1 aromatic carbocycles. The second-order valence-electron chi connectivity index (χ2n) is 4.48. The molecule has 2 aromatic rings. The zero-order valence-corrected chi connectivity index (χ0v) is 12.1. The standard InChI is InChI=1S/C14H19N3S/c1-10-7-12(9-15-3)5-6-13(10)18-14-8-11(2)16-17(14)4/h5-8,15H,9H2,1-4H3. The Morgan fingerprint density at radius 2 is 2.06 bits per heavy atom. The van der Waals surface area contributed by atoms with Crippen molar-refractivity contribution in [1.82, 2.24) is 15.1 Å². The molecular weight excluding hydrogens is 242 g/mol. The third-order valence-corrected chi connectivity index (χ3v) is 4.06. The minimum Gasteiger partial charge on any atom is -0.316 e. The average molecular weight is 261 g/mol. The van der Waals surface area contributed by atoms with Crippen LogP contribution in [0.3, 0.4) is 0 Å². The lowest BCUT2D eigenvalue weighted by atomic mass is 10.1. The van der Waals surface area contributed by atoms with Crippen LogP contribution in [-0.4, -0.2) is 16.8 Å². The first-order valence-electron chi connectivity index (χ1n) is 6.03. The molecule has 0 saturated carbocycles. The number of aryl methyl sites for hydroxylation is 3. The molecule has 1 aromatic heterocycles. The van der Waals surface area contributed by atoms with Gasteiger partial charge in [0.1, 0.15) is 0 Å². The van der Waals surface area contributed by atoms with Gasteiger partial charge in [-0.3, -0.25) is 4.68 Å². The Morgan fingerprint density at radius 1 is 1.28 bits per heavy atom. The summed E-state index contributed by atoms with van der Waals surface area (Å²) >= 11 is 1.77. The van der Waals surface area contributed by atoms with E-state index in [1.807, 2.05) is 25.7 Å². The summed E-state index contributed by atoms with van der Waals surface area (Å²) in [6.45, 7) is 5.09. The van der Waals surface area contributed by atoms with E-state index in [0.717, 1.165) is 12.2 Å². The third kappa shape index (κ3) is 2.94. The SMILES string of the molecule is CNCc1ccc(Sc2cc(C)nn2C)c(C)c1. The van der Waals surface area contributed by atoms with E-state index in [0.29, 0.717) is 0 Å². The number of benzene rings is 1. The van der Waals surface area contributed by atoms with Crippen molar-refractivity contribution in [3.05, 3.63) is 41.1 Å². The summed E-state index contributed by atoms with van der Waals surface area (Å²) in [4.78, 5) is 1.29. The van der Waals surface area contributed by atoms with Crippen LogP contribution in [0.5, 0.6) is 0 Å². The topological polar surface area (TPSA) is 29.9 Å². The van der Waals surface area contributed by atoms with E-state index in [1.54, 1.807) is 11.8 Å². The zero-order chi connectivity index (χ0) is 13.1. The van der Waals surface area contributed by atoms with Gasteiger partial charge in [-0.15, -0.1) is 0 Å². The van der Waals surface area contributed by atoms with Gasteiger partial charge in [0.05, 0.1) is 10.7 Å². The molecule has 1 N–H and O–H groups in total. The van der Waals surface area contributed by atoms with Crippen LogP contribution in [0.2, 0.25) is 0 Å². The maximum absolute atomic E-state index is 4.37. The Morgan fingerprint density at radius 3 is 2.61 bits per heavy atom. The molecule has 0 aliphatic heterocycles. The third-order valence-electron chi connectivity index (χ3n) is 2.79. The largest absolute Gasteiger partial charge is 0.316 e. The van der Waals surface area contributed by atoms with Gasteiger partial charge in [-0.05, 0) is 44.2 Å². The fourth-order valence-corrected chi connectivity index (χ4v) is 2.92. The van der Waals surface area contributed by atoms with E-state index in [4.69, 9.17) is 0 Å². The predicted octanol–water partition coefficient (Wildman–Crippen LogP) is 2.91. The minimum atomic E-state index is 0.913. The monoisotopic (exact) mass is 261 g/mol. The van der Waals surface area contributed by atoms with Gasteiger partial charge in [-0.2, -0.15) is 5.10 Å². The molecule has 0 radical (unpaired) electrons. The van der Waals surface area contributed by atoms with Crippen molar-refractivity contribution in [2.75, 3.05) is 7.05 Å². The van der Waals surface area contributed by atoms with Crippen LogP contribution in [0.1, 0.15) is 16.8 Å². The summed E-state index contributed by atoms with van der Waals surface area (Å²) in [5.74, 6) is 0. The Bertz CT molecular complexity index is 546. The molecule has 0 amide bonds. The van der Waals surface area contributed by atoms with Crippen molar-refractivity contribution in [1.29, 1.82) is 0 Å². The van der Waals surface area contributed by atoms with Gasteiger partial charge in [0.15, 0.2) is 0 Å². The second kappa shape index (κ2) is 5.59. The molecule has 0 unspecified atom stereocenters. The fourth-order valence-electron chi connectivity index (χ4n) is 1.94. The van der Waals surface area contributed by atoms with Crippen LogP contribution in [0.15, 0.2) is 34.2 Å². The van der Waals surface area contributed by atoms with Gasteiger partial charge < -0.3 is 5.32 Å². The predicted molar refractivity (Wildman–Crippen MR) is 76.0 cm³/mol. The average Bonchev–Trinajstić information content (AvgIpc) is 2.62. The first-order valence-corrected chi connectivity index (χ1v) is 6.84. The van der Waals surface area contributed by atoms with Crippen molar-refractivity contribution < 1.29 is 0 Å². The lowest BCUT2D eigenvalue weighted by molar-refractivity contribution is 0.692. The number of rotatable bonds is 4. The van der Waals surface area contributed by atoms with E-state index in [-0.39, 0.29) is 0 Å². The molecule has 3 nitrogen and oxygen atoms in total. The maximum atomic E-state index is 4.37. The Hall–Kier alpha value is -1.26. The summed E-state index contributed by atoms with van der Waals surface area (Å²) in [6.07, 6.45) is 0. The van der Waals surface area contributed by atoms with Crippen molar-refractivity contribution in [3.8, 4) is 0 Å². The first-order chi connectivity index (χ1) is 8.60. The molecule has 96 valence electrons. The first kappa shape index (κ1) is 13.2. The van der Waals surface area contributed by atoms with Gasteiger partial charge >= 0.3 is 0 Å². The quantitative estimate of drug-likeness (QED) is 0.918. The van der Waals surface area contributed by atoms with E-state index in [1.165, 1.54) is 21.0 Å². The number of aromatic nitrogens is 2. The van der Waals surface area contributed by atoms with Gasteiger partial charge in [0.2, 0.25) is 0 Å². The van der Waals surface area contributed by atoms with E-state index < -0.39 is 0 Å². The summed E-state index contributed by atoms with van der Waals surface area (Å²) in [7, 11) is 3.95. The maximum Gasteiger partial charge on any atom is 0.0987 e. The van der Waals surface area contributed by atoms with Crippen LogP contribution < -0.4 is 5.32 Å². The molecule has 0 saturated heterocycles. The van der Waals surface area contributed by atoms with Crippen molar-refractivity contribution in [2.45, 2.75) is 30.3 Å². The molecule has 0 spiro atoms. The molecule has 2 rings (SSSR count). The summed E-state index contributed by atoms with van der Waals surface area (Å²) < 4.78 is 1.93. The number of hydrogen-bond donors (Lipinski definition) is 1. The van der Waals surface area contributed by atoms with Crippen LogP contribution in [0.4, 0.5) is 0 Å². The molecule has 0 fully saturated rings. The smallest absolute Gasteiger partial charge is 0.0987 e. The van der Waals surface area contributed by atoms with Crippen molar-refractivity contribution >= 4 is 11.8 Å². The molecule has 18 heavy (non-hydrogen) atoms. The number of nitrogens with one attached hydrogen (secondary N) is 1. The molecule has 1 heterocycles. The molecule has 4 heteroatoms. The Balaban J connectivity index is 2.21. The number of nitrogens with zero attached hydrogens (tertiary/aromatic N) is 2. The molecule has 0 aliphatic rings. The normalized spacial score (nSPS) is 10.9. The molecular formula is C14H19N3S. The molecule has 0 atom stereocenters. The Labute approximate surface area is 113 Å². The number of hydrogen-bond acceptors (Lipinski definition) is 3. The zero-order valence-electron chi connectivity index (χ0n) is 11.3. The molecule has 0 aliphatic carbocycles. The minimum absolute atomic E-state index is 0.913. The van der Waals surface area contributed by atoms with E-state index >= 15 is 0 Å². The molecule has 0 bridgehead atoms. The van der Waals surface area contributed by atoms with Crippen LogP contribution in [0.25, 0.3) is 0 Å². The van der Waals surface area contributed by atoms with E-state index in [2.05, 4.69) is 41.6 Å². The summed E-state index contributed by atoms with van der Waals surface area (Å²) in [6, 6.07) is 8.72. The lowest BCUT2D eigenvalue weighted by Crippen LogP contribution is -2.05. The highest BCUT2D eigenvalue weighted by atomic mass is 32.2. The fraction of sp³-hybridized carbons (Fsp3) is 0.357. The van der Waals surface area contributed by atoms with Crippen molar-refractivity contribution in [2.24, 2.45) is 7.05 Å². The van der Waals surface area contributed by atoms with Crippen LogP contribution >= 0.6 is 11.8 Å². The van der Waals surface area contributed by atoms with E-state index in [9.17, 15) is 0 Å². The van der Waals surface area contributed by atoms with Gasteiger partial charge in [0.25, 0.3) is 0 Å². The van der Waals surface area contributed by atoms with Crippen molar-refractivity contribution in [3.63, 3.8) is 0 Å². The lowest BCUT2D eigenvalue weighted by Gasteiger charge is -2.08. The highest BCUT2D eigenvalue weighted by Crippen LogP contribution is 2.30. The highest BCUT2D eigenvalue weighted by molar-refractivity contribution is 7.99. The van der Waals surface area contributed by atoms with Crippen LogP contribution in [-0.2, 0) is 13.6 Å². The van der Waals surface area contributed by atoms with Crippen LogP contribution in [0, 0.1) is 13.8 Å². The highest BCUT2D eigenvalue weighted by Gasteiger charge is 2.07.